The number of halogens is 1. The van der Waals surface area contributed by atoms with E-state index in [1.165, 1.54) is 4.68 Å². The molecule has 6 nitrogen and oxygen atoms in total. The number of hydrogen-bond donors (Lipinski definition) is 1. The maximum Gasteiger partial charge on any atom is 0.246 e. The molecule has 3 rings (SSSR count). The number of carbonyl (C=O) groups excluding carboxylic acids is 1. The predicted octanol–water partition coefficient (Wildman–Crippen LogP) is 2.82. The summed E-state index contributed by atoms with van der Waals surface area (Å²) >= 11 is 11.1. The Labute approximate surface area is 136 Å². The lowest BCUT2D eigenvalue weighted by Crippen LogP contribution is -2.20. The first-order valence-corrected chi connectivity index (χ1v) is 7.25. The Hall–Kier alpha value is -2.38. The molecule has 112 valence electrons. The van der Waals surface area contributed by atoms with E-state index in [0.717, 1.165) is 0 Å². The topological polar surface area (TPSA) is 56.8 Å². The van der Waals surface area contributed by atoms with Gasteiger partial charge in [-0.25, -0.2) is 9.36 Å². The number of nitrogens with one attached hydrogen (secondary N) is 1. The number of nitrogens with zero attached hydrogens (tertiary/aromatic N) is 4. The molecule has 0 fully saturated rings. The van der Waals surface area contributed by atoms with Crippen LogP contribution in [0.4, 0.5) is 5.69 Å². The summed E-state index contributed by atoms with van der Waals surface area (Å²) in [5.74, 6) is -0.212. The van der Waals surface area contributed by atoms with Gasteiger partial charge in [-0.2, -0.15) is 5.10 Å². The van der Waals surface area contributed by atoms with Crippen LogP contribution in [0, 0.1) is 4.77 Å². The zero-order valence-electron chi connectivity index (χ0n) is 11.4. The monoisotopic (exact) mass is 333 g/mol. The third-order valence-corrected chi connectivity index (χ3v) is 3.63. The number of aromatic nitrogens is 4. The van der Waals surface area contributed by atoms with Crippen molar-refractivity contribution in [3.05, 3.63) is 64.9 Å². The van der Waals surface area contributed by atoms with Crippen LogP contribution in [0.25, 0.3) is 0 Å². The number of rotatable bonds is 4. The Morgan fingerprint density at radius 3 is 2.59 bits per heavy atom. The van der Waals surface area contributed by atoms with E-state index in [1.54, 1.807) is 39.9 Å². The summed E-state index contributed by atoms with van der Waals surface area (Å²) in [4.78, 5) is 12.0. The summed E-state index contributed by atoms with van der Waals surface area (Å²) in [6.45, 7) is 0.0374. The summed E-state index contributed by atoms with van der Waals surface area (Å²) in [7, 11) is 0. The molecule has 0 aliphatic rings. The number of anilines is 1. The quantitative estimate of drug-likeness (QED) is 0.747. The average Bonchev–Trinajstić information content (AvgIpc) is 3.12. The number of carbonyl (C=O) groups is 1. The van der Waals surface area contributed by atoms with Crippen LogP contribution in [0.2, 0.25) is 5.02 Å². The van der Waals surface area contributed by atoms with E-state index in [4.69, 9.17) is 23.8 Å². The molecule has 0 radical (unpaired) electrons. The van der Waals surface area contributed by atoms with E-state index < -0.39 is 0 Å². The Morgan fingerprint density at radius 2 is 1.91 bits per heavy atom. The highest BCUT2D eigenvalue weighted by Gasteiger charge is 2.08. The third-order valence-electron chi connectivity index (χ3n) is 2.98. The summed E-state index contributed by atoms with van der Waals surface area (Å²) in [5.41, 5.74) is 0.672. The van der Waals surface area contributed by atoms with Crippen LogP contribution in [0.15, 0.2) is 55.1 Å². The van der Waals surface area contributed by atoms with E-state index in [1.807, 2.05) is 24.5 Å². The molecule has 2 heterocycles. The number of amides is 1. The molecule has 22 heavy (non-hydrogen) atoms. The largest absolute Gasteiger partial charge is 0.324 e. The van der Waals surface area contributed by atoms with Gasteiger partial charge in [0.05, 0.1) is 0 Å². The van der Waals surface area contributed by atoms with Crippen molar-refractivity contribution >= 4 is 35.4 Å². The molecule has 1 amide bonds. The average molecular weight is 334 g/mol. The summed E-state index contributed by atoms with van der Waals surface area (Å²) in [6.07, 6.45) is 5.25. The molecule has 1 N–H and O–H groups in total. The lowest BCUT2D eigenvalue weighted by molar-refractivity contribution is -0.116. The van der Waals surface area contributed by atoms with Gasteiger partial charge in [-0.15, -0.1) is 0 Å². The Morgan fingerprint density at radius 1 is 1.23 bits per heavy atom. The second kappa shape index (κ2) is 6.17. The van der Waals surface area contributed by atoms with Crippen molar-refractivity contribution in [2.75, 3.05) is 5.32 Å². The molecule has 8 heteroatoms. The smallest absolute Gasteiger partial charge is 0.246 e. The van der Waals surface area contributed by atoms with Crippen LogP contribution in [0.3, 0.4) is 0 Å². The fourth-order valence-corrected chi connectivity index (χ4v) is 2.31. The van der Waals surface area contributed by atoms with Crippen LogP contribution in [0.5, 0.6) is 0 Å². The number of hydrogen-bond acceptors (Lipinski definition) is 3. The van der Waals surface area contributed by atoms with Gasteiger partial charge in [-0.1, -0.05) is 11.6 Å². The summed E-state index contributed by atoms with van der Waals surface area (Å²) in [5, 5.41) is 7.52. The van der Waals surface area contributed by atoms with Crippen molar-refractivity contribution in [3.8, 4) is 0 Å². The standard InChI is InChI=1S/C14H12ClN5OS/c15-11-3-5-12(6-4-11)17-13(21)9-19-14(22)20(10-16-19)18-7-1-2-8-18/h1-8,10H,9H2,(H,17,21). The first-order valence-electron chi connectivity index (χ1n) is 6.47. The van der Waals surface area contributed by atoms with Crippen LogP contribution < -0.4 is 5.32 Å². The second-order valence-electron chi connectivity index (χ2n) is 4.53. The lowest BCUT2D eigenvalue weighted by atomic mass is 10.3. The maximum absolute atomic E-state index is 12.0. The van der Waals surface area contributed by atoms with E-state index in [2.05, 4.69) is 10.4 Å². The Kier molecular flexibility index (Phi) is 4.08. The summed E-state index contributed by atoms with van der Waals surface area (Å²) < 4.78 is 5.34. The van der Waals surface area contributed by atoms with Gasteiger partial charge in [0, 0.05) is 23.1 Å². The lowest BCUT2D eigenvalue weighted by Gasteiger charge is -2.05. The second-order valence-corrected chi connectivity index (χ2v) is 5.34. The molecule has 0 spiro atoms. The van der Waals surface area contributed by atoms with Gasteiger partial charge in [-0.05, 0) is 48.6 Å². The molecule has 0 bridgehead atoms. The molecule has 0 saturated carbocycles. The van der Waals surface area contributed by atoms with Gasteiger partial charge in [0.1, 0.15) is 12.9 Å². The minimum Gasteiger partial charge on any atom is -0.324 e. The van der Waals surface area contributed by atoms with Crippen molar-refractivity contribution in [2.45, 2.75) is 6.54 Å². The minimum atomic E-state index is -0.212. The van der Waals surface area contributed by atoms with Crippen LogP contribution in [-0.4, -0.2) is 25.0 Å². The molecule has 0 aliphatic carbocycles. The van der Waals surface area contributed by atoms with Gasteiger partial charge >= 0.3 is 0 Å². The van der Waals surface area contributed by atoms with Crippen molar-refractivity contribution in [3.63, 3.8) is 0 Å². The van der Waals surface area contributed by atoms with Crippen LogP contribution in [0.1, 0.15) is 0 Å². The molecule has 0 unspecified atom stereocenters. The fraction of sp³-hybridized carbons (Fsp3) is 0.0714. The first-order chi connectivity index (χ1) is 10.6. The molecule has 0 aliphatic heterocycles. The van der Waals surface area contributed by atoms with Crippen molar-refractivity contribution in [1.82, 2.24) is 19.1 Å². The molecule has 2 aromatic heterocycles. The van der Waals surface area contributed by atoms with E-state index in [0.29, 0.717) is 15.5 Å². The van der Waals surface area contributed by atoms with Crippen LogP contribution in [-0.2, 0) is 11.3 Å². The third kappa shape index (κ3) is 3.10. The Balaban J connectivity index is 1.72. The molecule has 1 aromatic carbocycles. The zero-order chi connectivity index (χ0) is 15.5. The molecule has 3 aromatic rings. The minimum absolute atomic E-state index is 0.0374. The first kappa shape index (κ1) is 14.6. The highest BCUT2D eigenvalue weighted by molar-refractivity contribution is 7.71. The van der Waals surface area contributed by atoms with Crippen molar-refractivity contribution in [2.24, 2.45) is 0 Å². The SMILES string of the molecule is O=C(Cn1ncn(-n2cccc2)c1=S)Nc1ccc(Cl)cc1. The fourth-order valence-electron chi connectivity index (χ4n) is 1.93. The summed E-state index contributed by atoms with van der Waals surface area (Å²) in [6, 6.07) is 10.7. The highest BCUT2D eigenvalue weighted by atomic mass is 35.5. The van der Waals surface area contributed by atoms with Crippen molar-refractivity contribution in [1.29, 1.82) is 0 Å². The zero-order valence-corrected chi connectivity index (χ0v) is 13.0. The maximum atomic E-state index is 12.0. The molecular weight excluding hydrogens is 322 g/mol. The highest BCUT2D eigenvalue weighted by Crippen LogP contribution is 2.13. The number of benzene rings is 1. The molecule has 0 atom stereocenters. The normalized spacial score (nSPS) is 10.6. The van der Waals surface area contributed by atoms with E-state index in [9.17, 15) is 4.79 Å². The molecule has 0 saturated heterocycles. The van der Waals surface area contributed by atoms with Gasteiger partial charge in [-0.3, -0.25) is 9.47 Å². The van der Waals surface area contributed by atoms with Crippen LogP contribution >= 0.6 is 23.8 Å². The predicted molar refractivity (Wildman–Crippen MR) is 86.4 cm³/mol. The van der Waals surface area contributed by atoms with E-state index >= 15 is 0 Å². The van der Waals surface area contributed by atoms with Gasteiger partial charge in [0.15, 0.2) is 0 Å². The van der Waals surface area contributed by atoms with Gasteiger partial charge < -0.3 is 5.32 Å². The van der Waals surface area contributed by atoms with E-state index in [-0.39, 0.29) is 12.5 Å². The molecular formula is C14H12ClN5OS. The Bertz CT molecular complexity index is 835. The van der Waals surface area contributed by atoms with Gasteiger partial charge in [0.2, 0.25) is 10.7 Å². The van der Waals surface area contributed by atoms with Crippen molar-refractivity contribution < 1.29 is 4.79 Å². The van der Waals surface area contributed by atoms with Gasteiger partial charge in [0.25, 0.3) is 0 Å².